The minimum Gasteiger partial charge on any atom is -0.481 e. The lowest BCUT2D eigenvalue weighted by atomic mass is 10.00. The Morgan fingerprint density at radius 3 is 2.80 bits per heavy atom. The molecule has 0 aliphatic carbocycles. The lowest BCUT2D eigenvalue weighted by Gasteiger charge is -2.11. The minimum absolute atomic E-state index is 0.0382. The second kappa shape index (κ2) is 6.40. The van der Waals surface area contributed by atoms with Gasteiger partial charge in [-0.1, -0.05) is 0 Å². The average Bonchev–Trinajstić information content (AvgIpc) is 2.23. The summed E-state index contributed by atoms with van der Waals surface area (Å²) in [5.41, 5.74) is 0. The van der Waals surface area contributed by atoms with E-state index in [9.17, 15) is 9.59 Å². The molecule has 0 saturated carbocycles. The van der Waals surface area contributed by atoms with Crippen LogP contribution in [0, 0.1) is 5.92 Å². The monoisotopic (exact) mass is 214 g/mol. The van der Waals surface area contributed by atoms with Crippen LogP contribution in [0.25, 0.3) is 0 Å². The first kappa shape index (κ1) is 12.0. The van der Waals surface area contributed by atoms with Gasteiger partial charge in [0.1, 0.15) is 0 Å². The van der Waals surface area contributed by atoms with Gasteiger partial charge in [-0.3, -0.25) is 9.59 Å². The zero-order valence-corrected chi connectivity index (χ0v) is 8.79. The Labute approximate surface area is 89.2 Å². The smallest absolute Gasteiger partial charge is 0.306 e. The first-order valence-electron chi connectivity index (χ1n) is 5.40. The second-order valence-electron chi connectivity index (χ2n) is 3.82. The molecule has 0 bridgehead atoms. The SMILES string of the molecule is O=C1CCNCCC(C(=O)O)CCCN1. The van der Waals surface area contributed by atoms with Crippen LogP contribution >= 0.6 is 0 Å². The van der Waals surface area contributed by atoms with Crippen molar-refractivity contribution in [1.82, 2.24) is 10.6 Å². The Balaban J connectivity index is 2.40. The first-order valence-corrected chi connectivity index (χ1v) is 5.40. The van der Waals surface area contributed by atoms with Crippen LogP contribution in [-0.4, -0.2) is 36.6 Å². The van der Waals surface area contributed by atoms with Gasteiger partial charge in [-0.15, -0.1) is 0 Å². The van der Waals surface area contributed by atoms with Crippen molar-refractivity contribution in [1.29, 1.82) is 0 Å². The van der Waals surface area contributed by atoms with Crippen LogP contribution in [0.3, 0.4) is 0 Å². The Kier molecular flexibility index (Phi) is 5.10. The van der Waals surface area contributed by atoms with Crippen LogP contribution in [0.1, 0.15) is 25.7 Å². The number of carbonyl (C=O) groups excluding carboxylic acids is 1. The highest BCUT2D eigenvalue weighted by atomic mass is 16.4. The van der Waals surface area contributed by atoms with Crippen molar-refractivity contribution < 1.29 is 14.7 Å². The Morgan fingerprint density at radius 2 is 2.07 bits per heavy atom. The Hall–Kier alpha value is -1.10. The van der Waals surface area contributed by atoms with E-state index >= 15 is 0 Å². The van der Waals surface area contributed by atoms with Crippen LogP contribution in [-0.2, 0) is 9.59 Å². The van der Waals surface area contributed by atoms with E-state index < -0.39 is 5.97 Å². The van der Waals surface area contributed by atoms with Crippen molar-refractivity contribution in [2.75, 3.05) is 19.6 Å². The van der Waals surface area contributed by atoms with Crippen molar-refractivity contribution in [3.05, 3.63) is 0 Å². The highest BCUT2D eigenvalue weighted by Crippen LogP contribution is 2.11. The maximum absolute atomic E-state index is 11.2. The fraction of sp³-hybridized carbons (Fsp3) is 0.800. The summed E-state index contributed by atoms with van der Waals surface area (Å²) in [6.07, 6.45) is 2.49. The number of carboxylic acid groups (broad SMARTS) is 1. The molecule has 0 aromatic rings. The fourth-order valence-corrected chi connectivity index (χ4v) is 1.66. The molecule has 5 nitrogen and oxygen atoms in total. The van der Waals surface area contributed by atoms with E-state index in [0.717, 1.165) is 6.42 Å². The zero-order chi connectivity index (χ0) is 11.1. The second-order valence-corrected chi connectivity index (χ2v) is 3.82. The summed E-state index contributed by atoms with van der Waals surface area (Å²) >= 11 is 0. The van der Waals surface area contributed by atoms with Crippen LogP contribution in [0.15, 0.2) is 0 Å². The molecule has 3 N–H and O–H groups in total. The summed E-state index contributed by atoms with van der Waals surface area (Å²) in [5.74, 6) is -0.980. The van der Waals surface area contributed by atoms with Gasteiger partial charge in [0.25, 0.3) is 0 Å². The number of hydrogen-bond donors (Lipinski definition) is 3. The van der Waals surface area contributed by atoms with Gasteiger partial charge in [0.15, 0.2) is 0 Å². The molecule has 0 aromatic carbocycles. The standard InChI is InChI=1S/C10H18N2O3/c13-9-4-7-11-6-3-8(10(14)15)2-1-5-12-9/h8,11H,1-7H2,(H,12,13)(H,14,15). The minimum atomic E-state index is -0.734. The molecule has 1 aliphatic heterocycles. The molecule has 1 unspecified atom stereocenters. The van der Waals surface area contributed by atoms with Gasteiger partial charge in [-0.05, 0) is 25.8 Å². The van der Waals surface area contributed by atoms with E-state index in [1.165, 1.54) is 0 Å². The quantitative estimate of drug-likeness (QED) is 0.572. The van der Waals surface area contributed by atoms with E-state index in [1.54, 1.807) is 0 Å². The van der Waals surface area contributed by atoms with Crippen molar-refractivity contribution in [2.45, 2.75) is 25.7 Å². The van der Waals surface area contributed by atoms with E-state index in [2.05, 4.69) is 10.6 Å². The van der Waals surface area contributed by atoms with E-state index in [-0.39, 0.29) is 11.8 Å². The molecular formula is C10H18N2O3. The number of aliphatic carboxylic acids is 1. The first-order chi connectivity index (χ1) is 7.20. The summed E-state index contributed by atoms with van der Waals surface area (Å²) in [4.78, 5) is 22.0. The average molecular weight is 214 g/mol. The maximum atomic E-state index is 11.2. The van der Waals surface area contributed by atoms with Gasteiger partial charge in [0.2, 0.25) is 5.91 Å². The summed E-state index contributed by atoms with van der Waals surface area (Å²) < 4.78 is 0. The maximum Gasteiger partial charge on any atom is 0.306 e. The molecule has 0 aromatic heterocycles. The number of carboxylic acids is 1. The molecule has 1 amide bonds. The molecule has 5 heteroatoms. The summed E-state index contributed by atoms with van der Waals surface area (Å²) in [6.45, 7) is 1.88. The van der Waals surface area contributed by atoms with Gasteiger partial charge in [0, 0.05) is 19.5 Å². The third-order valence-corrected chi connectivity index (χ3v) is 2.60. The number of nitrogens with one attached hydrogen (secondary N) is 2. The third kappa shape index (κ3) is 4.78. The molecule has 1 fully saturated rings. The van der Waals surface area contributed by atoms with Crippen molar-refractivity contribution in [2.24, 2.45) is 5.92 Å². The number of rotatable bonds is 1. The highest BCUT2D eigenvalue weighted by Gasteiger charge is 2.17. The normalized spacial score (nSPS) is 25.1. The van der Waals surface area contributed by atoms with E-state index in [1.807, 2.05) is 0 Å². The van der Waals surface area contributed by atoms with Gasteiger partial charge < -0.3 is 15.7 Å². The van der Waals surface area contributed by atoms with Crippen LogP contribution < -0.4 is 10.6 Å². The largest absolute Gasteiger partial charge is 0.481 e. The molecule has 1 aliphatic rings. The topological polar surface area (TPSA) is 78.4 Å². The van der Waals surface area contributed by atoms with Gasteiger partial charge in [0.05, 0.1) is 5.92 Å². The van der Waals surface area contributed by atoms with Gasteiger partial charge >= 0.3 is 5.97 Å². The van der Waals surface area contributed by atoms with E-state index in [0.29, 0.717) is 38.9 Å². The van der Waals surface area contributed by atoms with Gasteiger partial charge in [-0.25, -0.2) is 0 Å². The lowest BCUT2D eigenvalue weighted by molar-refractivity contribution is -0.142. The summed E-state index contributed by atoms with van der Waals surface area (Å²) in [6, 6.07) is 0. The molecular weight excluding hydrogens is 196 g/mol. The highest BCUT2D eigenvalue weighted by molar-refractivity contribution is 5.76. The van der Waals surface area contributed by atoms with E-state index in [4.69, 9.17) is 5.11 Å². The zero-order valence-electron chi connectivity index (χ0n) is 8.79. The number of amides is 1. The van der Waals surface area contributed by atoms with Crippen molar-refractivity contribution >= 4 is 11.9 Å². The fourth-order valence-electron chi connectivity index (χ4n) is 1.66. The molecule has 15 heavy (non-hydrogen) atoms. The van der Waals surface area contributed by atoms with Crippen LogP contribution in [0.5, 0.6) is 0 Å². The Bertz CT molecular complexity index is 231. The lowest BCUT2D eigenvalue weighted by Crippen LogP contribution is -2.28. The van der Waals surface area contributed by atoms with Crippen LogP contribution in [0.2, 0.25) is 0 Å². The summed E-state index contributed by atoms with van der Waals surface area (Å²) in [5, 5.41) is 14.8. The number of carbonyl (C=O) groups is 2. The molecule has 1 atom stereocenters. The molecule has 1 saturated heterocycles. The summed E-state index contributed by atoms with van der Waals surface area (Å²) in [7, 11) is 0. The molecule has 86 valence electrons. The van der Waals surface area contributed by atoms with Gasteiger partial charge in [-0.2, -0.15) is 0 Å². The van der Waals surface area contributed by atoms with Crippen LogP contribution in [0.4, 0.5) is 0 Å². The number of hydrogen-bond acceptors (Lipinski definition) is 3. The third-order valence-electron chi connectivity index (χ3n) is 2.60. The molecule has 1 heterocycles. The predicted octanol–water partition coefficient (Wildman–Crippen LogP) is -0.0330. The van der Waals surface area contributed by atoms with Crippen molar-refractivity contribution in [3.8, 4) is 0 Å². The molecule has 0 radical (unpaired) electrons. The molecule has 1 rings (SSSR count). The Morgan fingerprint density at radius 1 is 1.27 bits per heavy atom. The van der Waals surface area contributed by atoms with Crippen molar-refractivity contribution in [3.63, 3.8) is 0 Å². The predicted molar refractivity (Wildman–Crippen MR) is 55.5 cm³/mol. The molecule has 0 spiro atoms.